The standard InChI is InChI=1S/C23H22N4O3/c28-21(13-16-14-24-19-10-5-4-9-18(16)19)25-11-6-12-26-20(15-25)22(29)27(23(26)30)17-7-2-1-3-8-17/h1-5,7-10,14,20,24H,6,11-13,15H2. The first-order chi connectivity index (χ1) is 14.6. The number of rotatable bonds is 3. The summed E-state index contributed by atoms with van der Waals surface area (Å²) in [6, 6.07) is 15.9. The predicted octanol–water partition coefficient (Wildman–Crippen LogP) is 2.78. The summed E-state index contributed by atoms with van der Waals surface area (Å²) in [6.07, 6.45) is 2.78. The van der Waals surface area contributed by atoms with Gasteiger partial charge in [0.25, 0.3) is 5.91 Å². The second kappa shape index (κ2) is 7.33. The molecule has 3 heterocycles. The average molecular weight is 402 g/mol. The van der Waals surface area contributed by atoms with E-state index in [1.165, 1.54) is 4.90 Å². The molecule has 0 aliphatic carbocycles. The van der Waals surface area contributed by atoms with Crippen LogP contribution in [0.15, 0.2) is 60.8 Å². The average Bonchev–Trinajstić information content (AvgIpc) is 3.16. The number of imide groups is 1. The van der Waals surface area contributed by atoms with Crippen molar-refractivity contribution in [2.45, 2.75) is 18.9 Å². The van der Waals surface area contributed by atoms with Crippen LogP contribution in [0.25, 0.3) is 10.9 Å². The van der Waals surface area contributed by atoms with E-state index in [4.69, 9.17) is 0 Å². The fourth-order valence-electron chi connectivity index (χ4n) is 4.39. The lowest BCUT2D eigenvalue weighted by Crippen LogP contribution is -2.44. The zero-order valence-electron chi connectivity index (χ0n) is 16.5. The zero-order valence-corrected chi connectivity index (χ0v) is 16.5. The number of hydrogen-bond donors (Lipinski definition) is 1. The molecule has 0 spiro atoms. The van der Waals surface area contributed by atoms with Crippen LogP contribution in [-0.2, 0) is 16.0 Å². The van der Waals surface area contributed by atoms with Gasteiger partial charge in [-0.05, 0) is 30.2 Å². The van der Waals surface area contributed by atoms with Crippen molar-refractivity contribution >= 4 is 34.4 Å². The third kappa shape index (κ3) is 3.03. The number of carbonyl (C=O) groups excluding carboxylic acids is 3. The van der Waals surface area contributed by atoms with Gasteiger partial charge in [-0.1, -0.05) is 36.4 Å². The minimum absolute atomic E-state index is 0.0278. The van der Waals surface area contributed by atoms with Crippen LogP contribution in [0.2, 0.25) is 0 Å². The van der Waals surface area contributed by atoms with Crippen LogP contribution in [0.1, 0.15) is 12.0 Å². The smallest absolute Gasteiger partial charge is 0.332 e. The zero-order chi connectivity index (χ0) is 20.7. The monoisotopic (exact) mass is 402 g/mol. The van der Waals surface area contributed by atoms with E-state index < -0.39 is 6.04 Å². The molecule has 0 saturated carbocycles. The molecule has 7 heteroatoms. The van der Waals surface area contributed by atoms with Crippen LogP contribution in [-0.4, -0.2) is 58.3 Å². The molecule has 2 fully saturated rings. The molecular weight excluding hydrogens is 380 g/mol. The maximum absolute atomic E-state index is 13.1. The number of fused-ring (bicyclic) bond motifs is 2. The molecule has 1 unspecified atom stereocenters. The maximum Gasteiger partial charge on any atom is 0.332 e. The highest BCUT2D eigenvalue weighted by Gasteiger charge is 2.47. The summed E-state index contributed by atoms with van der Waals surface area (Å²) in [6.45, 7) is 1.24. The number of nitrogens with zero attached hydrogens (tertiary/aromatic N) is 3. The summed E-state index contributed by atoms with van der Waals surface area (Å²) >= 11 is 0. The minimum atomic E-state index is -0.632. The minimum Gasteiger partial charge on any atom is -0.361 e. The van der Waals surface area contributed by atoms with Gasteiger partial charge in [0, 0.05) is 30.2 Å². The lowest BCUT2D eigenvalue weighted by atomic mass is 10.1. The van der Waals surface area contributed by atoms with E-state index in [1.807, 2.05) is 36.5 Å². The number of carbonyl (C=O) groups is 3. The molecule has 2 aromatic carbocycles. The Balaban J connectivity index is 1.36. The molecule has 2 aliphatic rings. The number of benzene rings is 2. The van der Waals surface area contributed by atoms with Gasteiger partial charge in [-0.3, -0.25) is 9.59 Å². The van der Waals surface area contributed by atoms with Crippen molar-refractivity contribution in [3.8, 4) is 0 Å². The number of hydrogen-bond acceptors (Lipinski definition) is 3. The molecule has 1 N–H and O–H groups in total. The number of nitrogens with one attached hydrogen (secondary N) is 1. The van der Waals surface area contributed by atoms with Crippen LogP contribution in [0.5, 0.6) is 0 Å². The third-order valence-corrected chi connectivity index (χ3v) is 5.92. The van der Waals surface area contributed by atoms with Crippen molar-refractivity contribution in [2.75, 3.05) is 24.5 Å². The Kier molecular flexibility index (Phi) is 4.50. The number of urea groups is 1. The molecular formula is C23H22N4O3. The van der Waals surface area contributed by atoms with E-state index >= 15 is 0 Å². The quantitative estimate of drug-likeness (QED) is 0.685. The molecule has 3 aromatic rings. The summed E-state index contributed by atoms with van der Waals surface area (Å²) in [5, 5.41) is 1.03. The van der Waals surface area contributed by atoms with E-state index in [9.17, 15) is 14.4 Å². The summed E-state index contributed by atoms with van der Waals surface area (Å²) in [5.41, 5.74) is 2.51. The van der Waals surface area contributed by atoms with Gasteiger partial charge in [-0.25, -0.2) is 9.69 Å². The maximum atomic E-state index is 13.1. The van der Waals surface area contributed by atoms with Crippen LogP contribution < -0.4 is 4.90 Å². The van der Waals surface area contributed by atoms with Crippen molar-refractivity contribution in [1.29, 1.82) is 0 Å². The van der Waals surface area contributed by atoms with E-state index in [0.717, 1.165) is 16.5 Å². The number of anilines is 1. The molecule has 1 atom stereocenters. The van der Waals surface area contributed by atoms with Gasteiger partial charge in [-0.15, -0.1) is 0 Å². The molecule has 5 rings (SSSR count). The van der Waals surface area contributed by atoms with Crippen molar-refractivity contribution in [3.05, 3.63) is 66.4 Å². The second-order valence-corrected chi connectivity index (χ2v) is 7.73. The molecule has 152 valence electrons. The first-order valence-electron chi connectivity index (χ1n) is 10.2. The highest BCUT2D eigenvalue weighted by Crippen LogP contribution is 2.28. The first-order valence-corrected chi connectivity index (χ1v) is 10.2. The van der Waals surface area contributed by atoms with Crippen LogP contribution in [0.3, 0.4) is 0 Å². The predicted molar refractivity (Wildman–Crippen MR) is 113 cm³/mol. The Bertz CT molecular complexity index is 1120. The Hall–Kier alpha value is -3.61. The molecule has 0 radical (unpaired) electrons. The number of amides is 4. The molecule has 2 aliphatic heterocycles. The second-order valence-electron chi connectivity index (χ2n) is 7.73. The number of aromatic nitrogens is 1. The Morgan fingerprint density at radius 2 is 1.77 bits per heavy atom. The molecule has 7 nitrogen and oxygen atoms in total. The molecule has 30 heavy (non-hydrogen) atoms. The lowest BCUT2D eigenvalue weighted by molar-refractivity contribution is -0.131. The number of para-hydroxylation sites is 2. The largest absolute Gasteiger partial charge is 0.361 e. The Morgan fingerprint density at radius 1 is 1.00 bits per heavy atom. The molecule has 2 saturated heterocycles. The fraction of sp³-hybridized carbons (Fsp3) is 0.261. The van der Waals surface area contributed by atoms with Crippen molar-refractivity contribution in [1.82, 2.24) is 14.8 Å². The van der Waals surface area contributed by atoms with Crippen LogP contribution in [0, 0.1) is 0 Å². The summed E-state index contributed by atoms with van der Waals surface area (Å²) in [4.78, 5) is 46.8. The molecule has 4 amide bonds. The van der Waals surface area contributed by atoms with E-state index in [-0.39, 0.29) is 30.8 Å². The third-order valence-electron chi connectivity index (χ3n) is 5.92. The Morgan fingerprint density at radius 3 is 2.60 bits per heavy atom. The van der Waals surface area contributed by atoms with Crippen molar-refractivity contribution in [3.63, 3.8) is 0 Å². The first kappa shape index (κ1) is 18.4. The van der Waals surface area contributed by atoms with E-state index in [1.54, 1.807) is 34.1 Å². The van der Waals surface area contributed by atoms with E-state index in [2.05, 4.69) is 4.98 Å². The van der Waals surface area contributed by atoms with Gasteiger partial charge in [0.05, 0.1) is 18.7 Å². The van der Waals surface area contributed by atoms with Crippen LogP contribution in [0.4, 0.5) is 10.5 Å². The van der Waals surface area contributed by atoms with Crippen LogP contribution >= 0.6 is 0 Å². The van der Waals surface area contributed by atoms with E-state index in [0.29, 0.717) is 25.2 Å². The normalized spacial score (nSPS) is 19.3. The molecule has 1 aromatic heterocycles. The SMILES string of the molecule is O=C(Cc1c[nH]c2ccccc12)N1CCCN2C(=O)N(c3ccccc3)C(=O)C2C1. The summed E-state index contributed by atoms with van der Waals surface area (Å²) in [5.74, 6) is -0.294. The van der Waals surface area contributed by atoms with Gasteiger partial charge in [0.15, 0.2) is 0 Å². The van der Waals surface area contributed by atoms with Gasteiger partial charge >= 0.3 is 6.03 Å². The molecule has 0 bridgehead atoms. The Labute approximate surface area is 173 Å². The van der Waals surface area contributed by atoms with Crippen molar-refractivity contribution in [2.24, 2.45) is 0 Å². The van der Waals surface area contributed by atoms with Gasteiger partial charge in [0.1, 0.15) is 6.04 Å². The highest BCUT2D eigenvalue weighted by molar-refractivity contribution is 6.21. The van der Waals surface area contributed by atoms with Crippen molar-refractivity contribution < 1.29 is 14.4 Å². The fourth-order valence-corrected chi connectivity index (χ4v) is 4.39. The lowest BCUT2D eigenvalue weighted by Gasteiger charge is -2.23. The number of aromatic amines is 1. The van der Waals surface area contributed by atoms with Gasteiger partial charge < -0.3 is 14.8 Å². The summed E-state index contributed by atoms with van der Waals surface area (Å²) in [7, 11) is 0. The topological polar surface area (TPSA) is 76.7 Å². The summed E-state index contributed by atoms with van der Waals surface area (Å²) < 4.78 is 0. The van der Waals surface area contributed by atoms with Gasteiger partial charge in [-0.2, -0.15) is 0 Å². The van der Waals surface area contributed by atoms with Gasteiger partial charge in [0.2, 0.25) is 5.91 Å². The highest BCUT2D eigenvalue weighted by atomic mass is 16.2. The number of H-pyrrole nitrogens is 1.